The maximum atomic E-state index is 10.9. The molecule has 0 radical (unpaired) electrons. The molecule has 9 nitrogen and oxygen atoms in total. The summed E-state index contributed by atoms with van der Waals surface area (Å²) in [7, 11) is 0. The van der Waals surface area contributed by atoms with Gasteiger partial charge in [-0.1, -0.05) is 72.8 Å². The molecule has 0 aliphatic rings. The molecule has 10 heteroatoms. The molecule has 0 amide bonds. The third-order valence-electron chi connectivity index (χ3n) is 9.02. The van der Waals surface area contributed by atoms with Crippen molar-refractivity contribution < 1.29 is 29.3 Å². The van der Waals surface area contributed by atoms with Crippen molar-refractivity contribution >= 4 is 51.2 Å². The number of carbonyl (C=O) groups is 2. The van der Waals surface area contributed by atoms with Crippen molar-refractivity contribution in [1.82, 2.24) is 9.97 Å². The first-order chi connectivity index (χ1) is 28.3. The second-order valence-electron chi connectivity index (χ2n) is 13.2. The molecule has 8 rings (SSSR count). The summed E-state index contributed by atoms with van der Waals surface area (Å²) in [6.45, 7) is 1.42. The predicted octanol–water partition coefficient (Wildman–Crippen LogP) is 10.9. The fourth-order valence-electron chi connectivity index (χ4n) is 5.96. The van der Waals surface area contributed by atoms with Crippen LogP contribution in [-0.2, 0) is 25.5 Å². The molecule has 0 aliphatic heterocycles. The Hall–Kier alpha value is -7.17. The van der Waals surface area contributed by atoms with E-state index in [0.29, 0.717) is 25.3 Å². The molecule has 0 saturated carbocycles. The van der Waals surface area contributed by atoms with Crippen molar-refractivity contribution in [2.45, 2.75) is 30.4 Å². The molecule has 0 spiro atoms. The Labute approximate surface area is 340 Å². The summed E-state index contributed by atoms with van der Waals surface area (Å²) in [5, 5.41) is 23.5. The van der Waals surface area contributed by atoms with E-state index in [1.165, 1.54) is 0 Å². The number of carboxylic acid groups (broad SMARTS) is 2. The lowest BCUT2D eigenvalue weighted by Crippen LogP contribution is -2.02. The van der Waals surface area contributed by atoms with Crippen LogP contribution in [0, 0.1) is 0 Å². The monoisotopic (exact) mass is 785 g/mol. The Bertz CT molecular complexity index is 2470. The Morgan fingerprint density at radius 2 is 1.03 bits per heavy atom. The van der Waals surface area contributed by atoms with Gasteiger partial charge < -0.3 is 25.0 Å². The zero-order valence-electron chi connectivity index (χ0n) is 31.3. The molecule has 2 aromatic heterocycles. The third kappa shape index (κ3) is 11.0. The fraction of sp³-hybridized carbons (Fsp3) is 0.0833. The lowest BCUT2D eigenvalue weighted by Gasteiger charge is -2.10. The summed E-state index contributed by atoms with van der Waals surface area (Å²) in [6.07, 6.45) is 0. The molecule has 0 aliphatic carbocycles. The molecule has 288 valence electrons. The van der Waals surface area contributed by atoms with Gasteiger partial charge in [0.15, 0.2) is 0 Å². The van der Waals surface area contributed by atoms with Gasteiger partial charge in [0.2, 0.25) is 0 Å². The number of nitrogens with zero attached hydrogens (tertiary/aromatic N) is 2. The van der Waals surface area contributed by atoms with Gasteiger partial charge in [-0.15, -0.1) is 11.8 Å². The minimum atomic E-state index is -0.928. The van der Waals surface area contributed by atoms with Gasteiger partial charge in [0, 0.05) is 33.7 Å². The van der Waals surface area contributed by atoms with Crippen LogP contribution < -0.4 is 14.8 Å². The van der Waals surface area contributed by atoms with Crippen LogP contribution in [0.25, 0.3) is 21.8 Å². The first-order valence-electron chi connectivity index (χ1n) is 18.5. The molecular weight excluding hydrogens is 747 g/mol. The summed E-state index contributed by atoms with van der Waals surface area (Å²) in [6, 6.07) is 53.6. The Morgan fingerprint density at radius 3 is 1.59 bits per heavy atom. The number of thioether (sulfide) groups is 1. The number of fused-ring (bicyclic) bond motifs is 2. The van der Waals surface area contributed by atoms with Gasteiger partial charge in [-0.3, -0.25) is 0 Å². The average Bonchev–Trinajstić information content (AvgIpc) is 3.27. The lowest BCUT2D eigenvalue weighted by atomic mass is 10.2. The standard InChI is InChI=1S/C24H20N2O3.C24H19NO3S/c27-24(28)19-9-11-20(12-10-19)25-15-17-4-3-6-22(14-17)29-16-21-13-8-18-5-1-2-7-23(18)26-21;26-24(27)19-9-12-22(13-10-19)29-16-17-4-3-6-21(14-17)28-15-20-11-8-18-5-1-2-7-23(18)25-20/h1-14,25H,15-16H2,(H,27,28);1-14H,15-16H2,(H,26,27). The molecular formula is C48H39N3O6S. The molecule has 0 atom stereocenters. The summed E-state index contributed by atoms with van der Waals surface area (Å²) < 4.78 is 11.9. The average molecular weight is 786 g/mol. The molecule has 0 saturated heterocycles. The number of pyridine rings is 2. The molecule has 0 fully saturated rings. The van der Waals surface area contributed by atoms with Crippen LogP contribution in [-0.4, -0.2) is 32.1 Å². The molecule has 0 unspecified atom stereocenters. The Balaban J connectivity index is 0.000000177. The number of rotatable bonds is 14. The van der Waals surface area contributed by atoms with Gasteiger partial charge >= 0.3 is 11.9 Å². The smallest absolute Gasteiger partial charge is 0.335 e. The molecule has 58 heavy (non-hydrogen) atoms. The minimum absolute atomic E-state index is 0.272. The summed E-state index contributed by atoms with van der Waals surface area (Å²) >= 11 is 1.66. The zero-order valence-corrected chi connectivity index (χ0v) is 32.1. The van der Waals surface area contributed by atoms with E-state index in [1.54, 1.807) is 48.2 Å². The van der Waals surface area contributed by atoms with E-state index in [1.807, 2.05) is 115 Å². The van der Waals surface area contributed by atoms with Gasteiger partial charge in [-0.25, -0.2) is 19.6 Å². The number of carboxylic acids is 2. The van der Waals surface area contributed by atoms with Crippen LogP contribution in [0.2, 0.25) is 0 Å². The molecule has 0 bridgehead atoms. The number of aromatic carboxylic acids is 2. The van der Waals surface area contributed by atoms with Crippen molar-refractivity contribution in [3.63, 3.8) is 0 Å². The van der Waals surface area contributed by atoms with Crippen LogP contribution >= 0.6 is 11.8 Å². The van der Waals surface area contributed by atoms with Crippen molar-refractivity contribution in [2.75, 3.05) is 5.32 Å². The summed E-state index contributed by atoms with van der Waals surface area (Å²) in [4.78, 5) is 32.1. The first-order valence-corrected chi connectivity index (χ1v) is 19.5. The maximum Gasteiger partial charge on any atom is 0.335 e. The second kappa shape index (κ2) is 19.1. The minimum Gasteiger partial charge on any atom is -0.487 e. The van der Waals surface area contributed by atoms with Gasteiger partial charge in [-0.2, -0.15) is 0 Å². The molecule has 8 aromatic rings. The van der Waals surface area contributed by atoms with E-state index in [4.69, 9.17) is 19.7 Å². The largest absolute Gasteiger partial charge is 0.487 e. The first kappa shape index (κ1) is 39.1. The van der Waals surface area contributed by atoms with Crippen LogP contribution in [0.5, 0.6) is 11.5 Å². The number of anilines is 1. The van der Waals surface area contributed by atoms with E-state index < -0.39 is 11.9 Å². The van der Waals surface area contributed by atoms with E-state index >= 15 is 0 Å². The normalized spacial score (nSPS) is 10.7. The lowest BCUT2D eigenvalue weighted by molar-refractivity contribution is 0.0686. The quantitative estimate of drug-likeness (QED) is 0.0916. The highest BCUT2D eigenvalue weighted by Crippen LogP contribution is 2.26. The summed E-state index contributed by atoms with van der Waals surface area (Å²) in [5.74, 6) is 0.520. The zero-order chi connectivity index (χ0) is 40.1. The molecule has 2 heterocycles. The van der Waals surface area contributed by atoms with Crippen LogP contribution in [0.15, 0.2) is 175 Å². The van der Waals surface area contributed by atoms with Gasteiger partial charge in [-0.05, 0) is 108 Å². The number of hydrogen-bond acceptors (Lipinski definition) is 8. The number of hydrogen-bond donors (Lipinski definition) is 3. The Kier molecular flexibility index (Phi) is 12.9. The second-order valence-corrected chi connectivity index (χ2v) is 14.3. The Morgan fingerprint density at radius 1 is 0.534 bits per heavy atom. The number of aromatic nitrogens is 2. The highest BCUT2D eigenvalue weighted by Gasteiger charge is 2.06. The summed E-state index contributed by atoms with van der Waals surface area (Å²) in [5.41, 5.74) is 7.33. The number of nitrogens with one attached hydrogen (secondary N) is 1. The van der Waals surface area contributed by atoms with E-state index in [0.717, 1.165) is 72.2 Å². The highest BCUT2D eigenvalue weighted by molar-refractivity contribution is 7.98. The van der Waals surface area contributed by atoms with Gasteiger partial charge in [0.05, 0.1) is 33.5 Å². The highest BCUT2D eigenvalue weighted by atomic mass is 32.2. The van der Waals surface area contributed by atoms with Gasteiger partial charge in [0.1, 0.15) is 24.7 Å². The van der Waals surface area contributed by atoms with Crippen molar-refractivity contribution in [2.24, 2.45) is 0 Å². The van der Waals surface area contributed by atoms with Crippen molar-refractivity contribution in [3.8, 4) is 11.5 Å². The van der Waals surface area contributed by atoms with E-state index in [9.17, 15) is 9.59 Å². The van der Waals surface area contributed by atoms with Crippen LogP contribution in [0.1, 0.15) is 43.2 Å². The van der Waals surface area contributed by atoms with Gasteiger partial charge in [0.25, 0.3) is 0 Å². The predicted molar refractivity (Wildman–Crippen MR) is 229 cm³/mol. The van der Waals surface area contributed by atoms with Crippen LogP contribution in [0.3, 0.4) is 0 Å². The topological polar surface area (TPSA) is 131 Å². The van der Waals surface area contributed by atoms with Crippen molar-refractivity contribution in [3.05, 3.63) is 203 Å². The van der Waals surface area contributed by atoms with Crippen molar-refractivity contribution in [1.29, 1.82) is 0 Å². The third-order valence-corrected chi connectivity index (χ3v) is 10.1. The maximum absolute atomic E-state index is 10.9. The van der Waals surface area contributed by atoms with E-state index in [-0.39, 0.29) is 5.56 Å². The number of para-hydroxylation sites is 2. The number of benzene rings is 6. The number of ether oxygens (including phenoxy) is 2. The molecule has 6 aromatic carbocycles. The van der Waals surface area contributed by atoms with E-state index in [2.05, 4.69) is 33.5 Å². The SMILES string of the molecule is O=C(O)c1ccc(NCc2cccc(OCc3ccc4ccccc4n3)c2)cc1.O=C(O)c1ccc(SCc2cccc(OCc3ccc4ccccc4n3)c2)cc1. The fourth-order valence-corrected chi connectivity index (χ4v) is 6.80. The molecule has 3 N–H and O–H groups in total. The van der Waals surface area contributed by atoms with Crippen LogP contribution in [0.4, 0.5) is 5.69 Å².